The largest absolute Gasteiger partial charge is 0.383 e. The van der Waals surface area contributed by atoms with Crippen molar-refractivity contribution < 1.29 is 0 Å². The van der Waals surface area contributed by atoms with Gasteiger partial charge in [0.1, 0.15) is 23.7 Å². The maximum atomic E-state index is 6.28. The Morgan fingerprint density at radius 2 is 1.86 bits per heavy atom. The molecule has 0 saturated carbocycles. The summed E-state index contributed by atoms with van der Waals surface area (Å²) < 4.78 is 2.03. The van der Waals surface area contributed by atoms with E-state index in [0.717, 1.165) is 52.0 Å². The maximum absolute atomic E-state index is 6.28. The third-order valence-electron chi connectivity index (χ3n) is 5.77. The van der Waals surface area contributed by atoms with Crippen molar-refractivity contribution in [2.75, 3.05) is 5.73 Å². The Morgan fingerprint density at radius 3 is 2.66 bits per heavy atom. The van der Waals surface area contributed by atoms with Crippen LogP contribution in [0.2, 0.25) is 0 Å². The third kappa shape index (κ3) is 2.44. The van der Waals surface area contributed by atoms with E-state index in [1.165, 1.54) is 17.5 Å². The van der Waals surface area contributed by atoms with Gasteiger partial charge in [-0.1, -0.05) is 30.3 Å². The van der Waals surface area contributed by atoms with Crippen LogP contribution in [-0.2, 0) is 12.8 Å². The molecule has 0 unspecified atom stereocenters. The number of aromatic nitrogens is 6. The second-order valence-corrected chi connectivity index (χ2v) is 7.64. The summed E-state index contributed by atoms with van der Waals surface area (Å²) in [5, 5.41) is 5.80. The van der Waals surface area contributed by atoms with Crippen LogP contribution < -0.4 is 5.73 Å². The molecular formula is C22H19N7. The van der Waals surface area contributed by atoms with E-state index in [4.69, 9.17) is 10.8 Å². The number of nitrogens with one attached hydrogen (secondary N) is 1. The zero-order chi connectivity index (χ0) is 19.5. The lowest BCUT2D eigenvalue weighted by molar-refractivity contribution is 0.488. The second kappa shape index (κ2) is 5.88. The van der Waals surface area contributed by atoms with Crippen LogP contribution in [0, 0.1) is 6.92 Å². The Labute approximate surface area is 166 Å². The van der Waals surface area contributed by atoms with Gasteiger partial charge in [0.2, 0.25) is 0 Å². The van der Waals surface area contributed by atoms with E-state index < -0.39 is 0 Å². The topological polar surface area (TPSA) is 98.3 Å². The molecule has 7 heteroatoms. The highest BCUT2D eigenvalue weighted by atomic mass is 15.3. The molecule has 142 valence electrons. The molecule has 6 rings (SSSR count). The molecule has 5 aromatic rings. The third-order valence-corrected chi connectivity index (χ3v) is 5.77. The Hall–Kier alpha value is -3.74. The molecule has 0 aliphatic heterocycles. The summed E-state index contributed by atoms with van der Waals surface area (Å²) in [6.45, 7) is 1.95. The second-order valence-electron chi connectivity index (χ2n) is 7.64. The summed E-state index contributed by atoms with van der Waals surface area (Å²) in [5.41, 5.74) is 13.5. The predicted molar refractivity (Wildman–Crippen MR) is 112 cm³/mol. The van der Waals surface area contributed by atoms with E-state index in [0.29, 0.717) is 5.82 Å². The van der Waals surface area contributed by atoms with E-state index in [1.807, 2.05) is 23.7 Å². The fourth-order valence-corrected chi connectivity index (χ4v) is 4.45. The summed E-state index contributed by atoms with van der Waals surface area (Å²) in [5.74, 6) is 1.34. The number of imidazole rings is 1. The SMILES string of the molecule is Cc1nc2ccc(-c3nn(C4Cc5ccccc5C4)c4ncnc(N)c34)cc2[nH]1. The fourth-order valence-electron chi connectivity index (χ4n) is 4.45. The Kier molecular flexibility index (Phi) is 3.29. The van der Waals surface area contributed by atoms with Crippen LogP contribution in [0.5, 0.6) is 0 Å². The number of nitrogens with two attached hydrogens (primary N) is 1. The van der Waals surface area contributed by atoms with Gasteiger partial charge in [-0.2, -0.15) is 5.10 Å². The van der Waals surface area contributed by atoms with Gasteiger partial charge in [-0.25, -0.2) is 19.6 Å². The van der Waals surface area contributed by atoms with Crippen LogP contribution in [0.1, 0.15) is 23.0 Å². The lowest BCUT2D eigenvalue weighted by atomic mass is 10.1. The van der Waals surface area contributed by atoms with Gasteiger partial charge in [-0.05, 0) is 43.0 Å². The van der Waals surface area contributed by atoms with Gasteiger partial charge in [0.05, 0.1) is 22.5 Å². The van der Waals surface area contributed by atoms with Crippen LogP contribution in [-0.4, -0.2) is 29.7 Å². The van der Waals surface area contributed by atoms with Crippen molar-refractivity contribution in [3.63, 3.8) is 0 Å². The van der Waals surface area contributed by atoms with Gasteiger partial charge in [0.15, 0.2) is 5.65 Å². The number of nitrogens with zero attached hydrogens (tertiary/aromatic N) is 5. The highest BCUT2D eigenvalue weighted by molar-refractivity contribution is 5.99. The number of hydrogen-bond acceptors (Lipinski definition) is 5. The van der Waals surface area contributed by atoms with Crippen molar-refractivity contribution >= 4 is 27.9 Å². The van der Waals surface area contributed by atoms with Crippen LogP contribution >= 0.6 is 0 Å². The van der Waals surface area contributed by atoms with Crippen LogP contribution in [0.3, 0.4) is 0 Å². The zero-order valence-corrected chi connectivity index (χ0v) is 15.9. The van der Waals surface area contributed by atoms with E-state index in [1.54, 1.807) is 0 Å². The molecule has 0 spiro atoms. The number of H-pyrrole nitrogens is 1. The minimum atomic E-state index is 0.219. The zero-order valence-electron chi connectivity index (χ0n) is 15.9. The molecule has 1 aliphatic rings. The number of aromatic amines is 1. The first-order valence-corrected chi connectivity index (χ1v) is 9.69. The summed E-state index contributed by atoms with van der Waals surface area (Å²) >= 11 is 0. The summed E-state index contributed by atoms with van der Waals surface area (Å²) in [4.78, 5) is 16.6. The monoisotopic (exact) mass is 381 g/mol. The van der Waals surface area contributed by atoms with Crippen LogP contribution in [0.15, 0.2) is 48.8 Å². The van der Waals surface area contributed by atoms with Gasteiger partial charge in [-0.15, -0.1) is 0 Å². The number of fused-ring (bicyclic) bond motifs is 3. The number of rotatable bonds is 2. The van der Waals surface area contributed by atoms with E-state index in [2.05, 4.69) is 50.3 Å². The molecule has 0 amide bonds. The Morgan fingerprint density at radius 1 is 1.07 bits per heavy atom. The van der Waals surface area contributed by atoms with Crippen molar-refractivity contribution in [2.45, 2.75) is 25.8 Å². The fraction of sp³-hybridized carbons (Fsp3) is 0.182. The minimum absolute atomic E-state index is 0.219. The summed E-state index contributed by atoms with van der Waals surface area (Å²) in [7, 11) is 0. The highest BCUT2D eigenvalue weighted by Crippen LogP contribution is 2.36. The average Bonchev–Trinajstić information content (AvgIpc) is 3.41. The Bertz CT molecular complexity index is 1370. The lowest BCUT2D eigenvalue weighted by Gasteiger charge is -2.10. The van der Waals surface area contributed by atoms with E-state index in [9.17, 15) is 0 Å². The normalized spacial score (nSPS) is 14.1. The molecule has 7 nitrogen and oxygen atoms in total. The molecule has 3 N–H and O–H groups in total. The van der Waals surface area contributed by atoms with Gasteiger partial charge in [0.25, 0.3) is 0 Å². The van der Waals surface area contributed by atoms with Crippen molar-refractivity contribution in [3.05, 3.63) is 65.7 Å². The molecule has 29 heavy (non-hydrogen) atoms. The molecule has 0 radical (unpaired) electrons. The molecule has 3 aromatic heterocycles. The van der Waals surface area contributed by atoms with E-state index in [-0.39, 0.29) is 6.04 Å². The molecular weight excluding hydrogens is 362 g/mol. The van der Waals surface area contributed by atoms with Gasteiger partial charge < -0.3 is 10.7 Å². The summed E-state index contributed by atoms with van der Waals surface area (Å²) in [6.07, 6.45) is 3.40. The first-order chi connectivity index (χ1) is 14.2. The van der Waals surface area contributed by atoms with Gasteiger partial charge in [-0.3, -0.25) is 0 Å². The molecule has 3 heterocycles. The molecule has 0 saturated heterocycles. The highest BCUT2D eigenvalue weighted by Gasteiger charge is 2.27. The van der Waals surface area contributed by atoms with Crippen LogP contribution in [0.4, 0.5) is 5.82 Å². The lowest BCUT2D eigenvalue weighted by Crippen LogP contribution is -2.11. The van der Waals surface area contributed by atoms with E-state index >= 15 is 0 Å². The molecule has 2 aromatic carbocycles. The van der Waals surface area contributed by atoms with Crippen molar-refractivity contribution in [1.29, 1.82) is 0 Å². The number of benzene rings is 2. The first-order valence-electron chi connectivity index (χ1n) is 9.69. The number of hydrogen-bond donors (Lipinski definition) is 2. The standard InChI is InChI=1S/C22H19N7/c1-12-26-17-7-6-15(10-18(17)27-12)20-19-21(23)24-11-25-22(19)29(28-20)16-8-13-4-2-3-5-14(13)9-16/h2-7,10-11,16H,8-9H2,1H3,(H,26,27)(H2,23,24,25). The average molecular weight is 381 g/mol. The number of nitrogen functional groups attached to an aromatic ring is 1. The van der Waals surface area contributed by atoms with Crippen molar-refractivity contribution in [2.24, 2.45) is 0 Å². The quantitative estimate of drug-likeness (QED) is 0.487. The maximum Gasteiger partial charge on any atom is 0.164 e. The molecule has 0 bridgehead atoms. The number of aryl methyl sites for hydroxylation is 1. The molecule has 0 fully saturated rings. The Balaban J connectivity index is 1.54. The van der Waals surface area contributed by atoms with Crippen molar-refractivity contribution in [3.8, 4) is 11.3 Å². The first kappa shape index (κ1) is 16.2. The summed E-state index contributed by atoms with van der Waals surface area (Å²) in [6, 6.07) is 14.9. The predicted octanol–water partition coefficient (Wildman–Crippen LogP) is 3.60. The minimum Gasteiger partial charge on any atom is -0.383 e. The van der Waals surface area contributed by atoms with Crippen molar-refractivity contribution in [1.82, 2.24) is 29.7 Å². The van der Waals surface area contributed by atoms with Gasteiger partial charge >= 0.3 is 0 Å². The van der Waals surface area contributed by atoms with Gasteiger partial charge in [0, 0.05) is 5.56 Å². The van der Waals surface area contributed by atoms with Crippen LogP contribution in [0.25, 0.3) is 33.3 Å². The smallest absolute Gasteiger partial charge is 0.164 e. The molecule has 1 aliphatic carbocycles. The number of anilines is 1. The molecule has 0 atom stereocenters.